The normalized spacial score (nSPS) is 12.3. The van der Waals surface area contributed by atoms with Gasteiger partial charge in [-0.05, 0) is 18.6 Å². The second-order valence-electron chi connectivity index (χ2n) is 4.11. The van der Waals surface area contributed by atoms with E-state index in [1.54, 1.807) is 12.3 Å². The van der Waals surface area contributed by atoms with Crippen LogP contribution in [0.15, 0.2) is 36.5 Å². The molecule has 1 unspecified atom stereocenters. The Bertz CT molecular complexity index is 547. The number of rotatable bonds is 4. The van der Waals surface area contributed by atoms with Gasteiger partial charge in [0.15, 0.2) is 0 Å². The molecular weight excluding hydrogens is 248 g/mol. The highest BCUT2D eigenvalue weighted by molar-refractivity contribution is 6.18. The van der Waals surface area contributed by atoms with Crippen molar-refractivity contribution in [2.24, 2.45) is 0 Å². The number of nitrogens with one attached hydrogen (secondary N) is 1. The minimum Gasteiger partial charge on any atom is -0.348 e. The molecule has 2 aromatic rings. The van der Waals surface area contributed by atoms with Crippen molar-refractivity contribution in [2.45, 2.75) is 19.4 Å². The second-order valence-corrected chi connectivity index (χ2v) is 4.42. The summed E-state index contributed by atoms with van der Waals surface area (Å²) in [6.45, 7) is 2.00. The van der Waals surface area contributed by atoms with Crippen LogP contribution in [0.25, 0.3) is 10.9 Å². The van der Waals surface area contributed by atoms with Crippen LogP contribution in [0, 0.1) is 0 Å². The summed E-state index contributed by atoms with van der Waals surface area (Å²) >= 11 is 5.79. The first-order valence-electron chi connectivity index (χ1n) is 5.96. The highest BCUT2D eigenvalue weighted by Gasteiger charge is 2.13. The molecule has 0 aliphatic heterocycles. The number of aromatic nitrogens is 1. The Morgan fingerprint density at radius 3 is 2.89 bits per heavy atom. The molecule has 1 heterocycles. The van der Waals surface area contributed by atoms with Crippen LogP contribution in [0.2, 0.25) is 0 Å². The first-order valence-corrected chi connectivity index (χ1v) is 6.50. The van der Waals surface area contributed by atoms with E-state index >= 15 is 0 Å². The Kier molecular flexibility index (Phi) is 4.15. The van der Waals surface area contributed by atoms with Crippen LogP contribution in [0.1, 0.15) is 23.7 Å². The minimum absolute atomic E-state index is 0.00564. The Hall–Kier alpha value is -1.61. The van der Waals surface area contributed by atoms with Crippen molar-refractivity contribution < 1.29 is 4.79 Å². The molecule has 18 heavy (non-hydrogen) atoms. The van der Waals surface area contributed by atoms with E-state index in [9.17, 15) is 4.79 Å². The quantitative estimate of drug-likeness (QED) is 0.861. The summed E-state index contributed by atoms with van der Waals surface area (Å²) in [6.07, 6.45) is 2.47. The summed E-state index contributed by atoms with van der Waals surface area (Å²) < 4.78 is 0. The zero-order chi connectivity index (χ0) is 13.0. The number of halogens is 1. The van der Waals surface area contributed by atoms with Gasteiger partial charge >= 0.3 is 0 Å². The van der Waals surface area contributed by atoms with E-state index in [1.807, 2.05) is 31.2 Å². The average molecular weight is 263 g/mol. The first kappa shape index (κ1) is 12.8. The molecule has 0 saturated heterocycles. The van der Waals surface area contributed by atoms with Gasteiger partial charge in [0.25, 0.3) is 5.91 Å². The van der Waals surface area contributed by atoms with Gasteiger partial charge in [0.2, 0.25) is 0 Å². The Labute approximate surface area is 111 Å². The number of benzene rings is 1. The van der Waals surface area contributed by atoms with E-state index in [1.165, 1.54) is 0 Å². The number of fused-ring (bicyclic) bond motifs is 1. The Balaban J connectivity index is 2.33. The van der Waals surface area contributed by atoms with Crippen molar-refractivity contribution >= 4 is 28.4 Å². The fraction of sp³-hybridized carbons (Fsp3) is 0.286. The second kappa shape index (κ2) is 5.83. The molecule has 0 fully saturated rings. The molecule has 2 rings (SSSR count). The number of amides is 1. The molecule has 0 bridgehead atoms. The number of hydrogen-bond acceptors (Lipinski definition) is 2. The van der Waals surface area contributed by atoms with Crippen molar-refractivity contribution in [3.8, 4) is 0 Å². The zero-order valence-electron chi connectivity index (χ0n) is 10.2. The highest BCUT2D eigenvalue weighted by atomic mass is 35.5. The van der Waals surface area contributed by atoms with Gasteiger partial charge in [0, 0.05) is 23.5 Å². The summed E-state index contributed by atoms with van der Waals surface area (Å²) in [5, 5.41) is 3.79. The molecule has 0 saturated carbocycles. The first-order chi connectivity index (χ1) is 8.76. The van der Waals surface area contributed by atoms with Gasteiger partial charge in [-0.15, -0.1) is 11.6 Å². The molecule has 0 radical (unpaired) electrons. The van der Waals surface area contributed by atoms with Gasteiger partial charge in [0.1, 0.15) is 0 Å². The van der Waals surface area contributed by atoms with Crippen LogP contribution in [0.5, 0.6) is 0 Å². The molecule has 94 valence electrons. The highest BCUT2D eigenvalue weighted by Crippen LogP contribution is 2.16. The topological polar surface area (TPSA) is 42.0 Å². The van der Waals surface area contributed by atoms with E-state index in [2.05, 4.69) is 10.3 Å². The maximum Gasteiger partial charge on any atom is 0.252 e. The molecule has 1 amide bonds. The lowest BCUT2D eigenvalue weighted by Crippen LogP contribution is -2.35. The van der Waals surface area contributed by atoms with Crippen molar-refractivity contribution in [3.05, 3.63) is 42.1 Å². The third-order valence-corrected chi connectivity index (χ3v) is 3.28. The number of carbonyl (C=O) groups excluding carboxylic acids is 1. The fourth-order valence-electron chi connectivity index (χ4n) is 1.81. The van der Waals surface area contributed by atoms with Crippen LogP contribution in [0.3, 0.4) is 0 Å². The van der Waals surface area contributed by atoms with Gasteiger partial charge in [-0.25, -0.2) is 0 Å². The SMILES string of the molecule is CCC(CCl)NC(=O)c1ccnc2ccccc12. The van der Waals surface area contributed by atoms with Gasteiger partial charge < -0.3 is 5.32 Å². The van der Waals surface area contributed by atoms with E-state index < -0.39 is 0 Å². The van der Waals surface area contributed by atoms with Crippen molar-refractivity contribution in [1.29, 1.82) is 0 Å². The molecule has 3 nitrogen and oxygen atoms in total. The third kappa shape index (κ3) is 2.62. The summed E-state index contributed by atoms with van der Waals surface area (Å²) in [5.74, 6) is 0.326. The number of alkyl halides is 1. The molecular formula is C14H15ClN2O. The van der Waals surface area contributed by atoms with E-state index in [4.69, 9.17) is 11.6 Å². The van der Waals surface area contributed by atoms with Crippen molar-refractivity contribution in [2.75, 3.05) is 5.88 Å². The largest absolute Gasteiger partial charge is 0.348 e. The molecule has 1 atom stereocenters. The maximum atomic E-state index is 12.2. The van der Waals surface area contributed by atoms with Crippen LogP contribution in [-0.2, 0) is 0 Å². The number of pyridine rings is 1. The molecule has 0 aliphatic carbocycles. The Morgan fingerprint density at radius 2 is 2.17 bits per heavy atom. The molecule has 1 N–H and O–H groups in total. The monoisotopic (exact) mass is 262 g/mol. The van der Waals surface area contributed by atoms with Gasteiger partial charge in [-0.3, -0.25) is 9.78 Å². The standard InChI is InChI=1S/C14H15ClN2O/c1-2-10(9-15)17-14(18)12-7-8-16-13-6-4-3-5-11(12)13/h3-8,10H,2,9H2,1H3,(H,17,18). The predicted molar refractivity (Wildman–Crippen MR) is 74.0 cm³/mol. The summed E-state index contributed by atoms with van der Waals surface area (Å²) in [4.78, 5) is 16.4. The number of para-hydroxylation sites is 1. The predicted octanol–water partition coefficient (Wildman–Crippen LogP) is 2.98. The van der Waals surface area contributed by atoms with Crippen LogP contribution < -0.4 is 5.32 Å². The molecule has 1 aromatic carbocycles. The number of nitrogens with zero attached hydrogens (tertiary/aromatic N) is 1. The number of hydrogen-bond donors (Lipinski definition) is 1. The van der Waals surface area contributed by atoms with E-state index in [0.717, 1.165) is 17.3 Å². The van der Waals surface area contributed by atoms with Crippen molar-refractivity contribution in [3.63, 3.8) is 0 Å². The van der Waals surface area contributed by atoms with E-state index in [0.29, 0.717) is 11.4 Å². The van der Waals surface area contributed by atoms with Gasteiger partial charge in [0.05, 0.1) is 11.1 Å². The average Bonchev–Trinajstić information content (AvgIpc) is 2.43. The lowest BCUT2D eigenvalue weighted by molar-refractivity contribution is 0.0941. The molecule has 0 spiro atoms. The van der Waals surface area contributed by atoms with Crippen molar-refractivity contribution in [1.82, 2.24) is 10.3 Å². The maximum absolute atomic E-state index is 12.2. The smallest absolute Gasteiger partial charge is 0.252 e. The third-order valence-electron chi connectivity index (χ3n) is 2.91. The van der Waals surface area contributed by atoms with E-state index in [-0.39, 0.29) is 11.9 Å². The Morgan fingerprint density at radius 1 is 1.39 bits per heavy atom. The zero-order valence-corrected chi connectivity index (χ0v) is 10.9. The summed E-state index contributed by atoms with van der Waals surface area (Å²) in [5.41, 5.74) is 1.47. The molecule has 4 heteroatoms. The van der Waals surface area contributed by atoms with Gasteiger partial charge in [-0.2, -0.15) is 0 Å². The van der Waals surface area contributed by atoms with Gasteiger partial charge in [-0.1, -0.05) is 25.1 Å². The number of carbonyl (C=O) groups is 1. The fourth-order valence-corrected chi connectivity index (χ4v) is 2.10. The lowest BCUT2D eigenvalue weighted by atomic mass is 10.1. The molecule has 0 aliphatic rings. The summed E-state index contributed by atoms with van der Waals surface area (Å²) in [6, 6.07) is 9.35. The lowest BCUT2D eigenvalue weighted by Gasteiger charge is -2.14. The van der Waals surface area contributed by atoms with Crippen LogP contribution >= 0.6 is 11.6 Å². The summed E-state index contributed by atoms with van der Waals surface area (Å²) in [7, 11) is 0. The van der Waals surface area contributed by atoms with Crippen LogP contribution in [0.4, 0.5) is 0 Å². The van der Waals surface area contributed by atoms with Crippen LogP contribution in [-0.4, -0.2) is 22.8 Å². The minimum atomic E-state index is -0.0962. The molecule has 1 aromatic heterocycles.